The number of nitrogen functional groups attached to an aromatic ring is 1. The van der Waals surface area contributed by atoms with Crippen molar-refractivity contribution < 1.29 is 4.74 Å². The molecule has 0 amide bonds. The Morgan fingerprint density at radius 2 is 2.20 bits per heavy atom. The van der Waals surface area contributed by atoms with Crippen molar-refractivity contribution in [2.24, 2.45) is 0 Å². The zero-order chi connectivity index (χ0) is 10.7. The van der Waals surface area contributed by atoms with E-state index in [0.717, 1.165) is 0 Å². The first-order chi connectivity index (χ1) is 7.25. The molecule has 0 aliphatic carbocycles. The molecule has 0 aliphatic rings. The van der Waals surface area contributed by atoms with Crippen molar-refractivity contribution in [3.05, 3.63) is 47.7 Å². The van der Waals surface area contributed by atoms with Crippen LogP contribution in [0.5, 0.6) is 11.5 Å². The standard InChI is InChI=1S/C11H8ClN2O/c12-10-7-8(13)1-2-11(10)15-9-3-5-14-6-4-9/h1-5,7H,13H2. The van der Waals surface area contributed by atoms with Gasteiger partial charge in [0.2, 0.25) is 0 Å². The van der Waals surface area contributed by atoms with Crippen molar-refractivity contribution in [2.45, 2.75) is 0 Å². The molecular weight excluding hydrogens is 212 g/mol. The minimum absolute atomic E-state index is 0.479. The van der Waals surface area contributed by atoms with Gasteiger partial charge in [-0.1, -0.05) is 11.6 Å². The Morgan fingerprint density at radius 3 is 2.87 bits per heavy atom. The lowest BCUT2D eigenvalue weighted by Crippen LogP contribution is -1.88. The molecule has 0 saturated heterocycles. The lowest BCUT2D eigenvalue weighted by Gasteiger charge is -2.07. The number of anilines is 1. The molecule has 0 spiro atoms. The van der Waals surface area contributed by atoms with E-state index in [2.05, 4.69) is 11.2 Å². The molecule has 0 fully saturated rings. The van der Waals surface area contributed by atoms with Crippen LogP contribution >= 0.6 is 11.6 Å². The van der Waals surface area contributed by atoms with Gasteiger partial charge in [0, 0.05) is 18.0 Å². The van der Waals surface area contributed by atoms with Gasteiger partial charge in [0.15, 0.2) is 0 Å². The average Bonchev–Trinajstić information content (AvgIpc) is 2.24. The number of nitrogens with two attached hydrogens (primary N) is 1. The number of halogens is 1. The predicted octanol–water partition coefficient (Wildman–Crippen LogP) is 2.91. The lowest BCUT2D eigenvalue weighted by molar-refractivity contribution is 0.482. The highest BCUT2D eigenvalue weighted by Crippen LogP contribution is 2.30. The summed E-state index contributed by atoms with van der Waals surface area (Å²) in [4.78, 5) is 3.77. The second-order valence-corrected chi connectivity index (χ2v) is 3.32. The molecule has 3 nitrogen and oxygen atoms in total. The fourth-order valence-electron chi connectivity index (χ4n) is 1.09. The van der Waals surface area contributed by atoms with E-state index in [1.54, 1.807) is 36.5 Å². The van der Waals surface area contributed by atoms with E-state index in [9.17, 15) is 0 Å². The number of benzene rings is 1. The van der Waals surface area contributed by atoms with Crippen LogP contribution in [0.15, 0.2) is 36.5 Å². The molecule has 0 unspecified atom stereocenters. The normalized spacial score (nSPS) is 9.93. The summed E-state index contributed by atoms with van der Waals surface area (Å²) in [5, 5.41) is 0.479. The summed E-state index contributed by atoms with van der Waals surface area (Å²) in [7, 11) is 0. The van der Waals surface area contributed by atoms with E-state index < -0.39 is 0 Å². The van der Waals surface area contributed by atoms with Gasteiger partial charge in [-0.05, 0) is 24.3 Å². The first-order valence-electron chi connectivity index (χ1n) is 4.31. The van der Waals surface area contributed by atoms with Crippen LogP contribution in [0, 0.1) is 6.20 Å². The highest BCUT2D eigenvalue weighted by Gasteiger charge is 2.02. The highest BCUT2D eigenvalue weighted by molar-refractivity contribution is 6.32. The molecule has 1 aromatic carbocycles. The number of rotatable bonds is 2. The smallest absolute Gasteiger partial charge is 0.146 e. The average molecular weight is 220 g/mol. The molecule has 2 aromatic rings. The Bertz CT molecular complexity index is 459. The van der Waals surface area contributed by atoms with Crippen LogP contribution in [-0.4, -0.2) is 4.98 Å². The minimum Gasteiger partial charge on any atom is -0.456 e. The molecule has 1 radical (unpaired) electrons. The summed E-state index contributed by atoms with van der Waals surface area (Å²) in [6.45, 7) is 0. The summed E-state index contributed by atoms with van der Waals surface area (Å²) in [6.07, 6.45) is 4.27. The third-order valence-corrected chi connectivity index (χ3v) is 2.07. The summed E-state index contributed by atoms with van der Waals surface area (Å²) in [6, 6.07) is 8.45. The summed E-state index contributed by atoms with van der Waals surface area (Å²) in [5.41, 5.74) is 6.17. The van der Waals surface area contributed by atoms with Crippen molar-refractivity contribution >= 4 is 17.3 Å². The Labute approximate surface area is 92.5 Å². The topological polar surface area (TPSA) is 48.1 Å². The molecule has 0 bridgehead atoms. The second kappa shape index (κ2) is 4.19. The van der Waals surface area contributed by atoms with Gasteiger partial charge in [0.05, 0.1) is 11.2 Å². The van der Waals surface area contributed by atoms with Crippen molar-refractivity contribution in [1.29, 1.82) is 0 Å². The van der Waals surface area contributed by atoms with Crippen molar-refractivity contribution in [3.63, 3.8) is 0 Å². The van der Waals surface area contributed by atoms with Crippen molar-refractivity contribution in [2.75, 3.05) is 5.73 Å². The van der Waals surface area contributed by atoms with Crippen LogP contribution in [-0.2, 0) is 0 Å². The van der Waals surface area contributed by atoms with Gasteiger partial charge in [0.1, 0.15) is 11.5 Å². The zero-order valence-corrected chi connectivity index (χ0v) is 8.53. The Hall–Kier alpha value is -1.74. The van der Waals surface area contributed by atoms with E-state index >= 15 is 0 Å². The largest absolute Gasteiger partial charge is 0.456 e. The van der Waals surface area contributed by atoms with Crippen molar-refractivity contribution in [3.8, 4) is 11.5 Å². The van der Waals surface area contributed by atoms with Crippen LogP contribution in [0.25, 0.3) is 0 Å². The molecule has 2 rings (SSSR count). The Morgan fingerprint density at radius 1 is 1.33 bits per heavy atom. The van der Waals surface area contributed by atoms with Gasteiger partial charge in [-0.25, -0.2) is 0 Å². The van der Waals surface area contributed by atoms with Crippen LogP contribution in [0.2, 0.25) is 5.02 Å². The Kier molecular flexibility index (Phi) is 2.74. The molecule has 0 saturated carbocycles. The van der Waals surface area contributed by atoms with Crippen LogP contribution < -0.4 is 10.5 Å². The Balaban J connectivity index is 2.25. The van der Waals surface area contributed by atoms with Crippen molar-refractivity contribution in [1.82, 2.24) is 4.98 Å². The summed E-state index contributed by atoms with van der Waals surface area (Å²) < 4.78 is 5.51. The molecular formula is C11H8ClN2O. The van der Waals surface area contributed by atoms with E-state index in [-0.39, 0.29) is 0 Å². The highest BCUT2D eigenvalue weighted by atomic mass is 35.5. The third-order valence-electron chi connectivity index (χ3n) is 1.78. The molecule has 75 valence electrons. The van der Waals surface area contributed by atoms with Gasteiger partial charge < -0.3 is 10.5 Å². The van der Waals surface area contributed by atoms with E-state index in [4.69, 9.17) is 22.1 Å². The maximum absolute atomic E-state index is 5.95. The molecule has 2 N–H and O–H groups in total. The van der Waals surface area contributed by atoms with E-state index in [0.29, 0.717) is 22.2 Å². The maximum atomic E-state index is 5.95. The molecule has 0 atom stereocenters. The van der Waals surface area contributed by atoms with Gasteiger partial charge in [0.25, 0.3) is 0 Å². The van der Waals surface area contributed by atoms with Gasteiger partial charge in [-0.2, -0.15) is 0 Å². The number of aromatic nitrogens is 1. The fourth-order valence-corrected chi connectivity index (χ4v) is 1.32. The fraction of sp³-hybridized carbons (Fsp3) is 0. The molecule has 4 heteroatoms. The second-order valence-electron chi connectivity index (χ2n) is 2.91. The quantitative estimate of drug-likeness (QED) is 0.790. The van der Waals surface area contributed by atoms with Gasteiger partial charge in [-0.3, -0.25) is 4.98 Å². The number of hydrogen-bond acceptors (Lipinski definition) is 3. The first kappa shape index (κ1) is 9.80. The molecule has 15 heavy (non-hydrogen) atoms. The van der Waals surface area contributed by atoms with Crippen LogP contribution in [0.4, 0.5) is 5.69 Å². The molecule has 1 heterocycles. The lowest BCUT2D eigenvalue weighted by atomic mass is 10.3. The summed E-state index contributed by atoms with van der Waals surface area (Å²) in [5.74, 6) is 1.20. The first-order valence-corrected chi connectivity index (χ1v) is 4.68. The zero-order valence-electron chi connectivity index (χ0n) is 7.77. The van der Waals surface area contributed by atoms with E-state index in [1.807, 2.05) is 0 Å². The third kappa shape index (κ3) is 2.39. The number of ether oxygens (including phenoxy) is 1. The predicted molar refractivity (Wildman–Crippen MR) is 59.0 cm³/mol. The maximum Gasteiger partial charge on any atom is 0.146 e. The number of hydrogen-bond donors (Lipinski definition) is 1. The number of nitrogens with zero attached hydrogens (tertiary/aromatic N) is 1. The number of pyridine rings is 1. The van der Waals surface area contributed by atoms with Crippen LogP contribution in [0.1, 0.15) is 0 Å². The minimum atomic E-state index is 0.479. The SMILES string of the molecule is Nc1ccc(Oc2c[c]ncc2)c(Cl)c1. The van der Waals surface area contributed by atoms with Gasteiger partial charge in [-0.15, -0.1) is 0 Å². The van der Waals surface area contributed by atoms with Crippen LogP contribution in [0.3, 0.4) is 0 Å². The summed E-state index contributed by atoms with van der Waals surface area (Å²) >= 11 is 5.95. The molecule has 1 aromatic heterocycles. The van der Waals surface area contributed by atoms with E-state index in [1.165, 1.54) is 0 Å². The van der Waals surface area contributed by atoms with Gasteiger partial charge >= 0.3 is 0 Å². The molecule has 0 aliphatic heterocycles. The monoisotopic (exact) mass is 219 g/mol.